The lowest BCUT2D eigenvalue weighted by Gasteiger charge is -2.20. The Kier molecular flexibility index (Phi) is 5.05. The summed E-state index contributed by atoms with van der Waals surface area (Å²) in [7, 11) is 0. The molecule has 1 aliphatic rings. The van der Waals surface area contributed by atoms with E-state index in [4.69, 9.17) is 15.5 Å². The van der Waals surface area contributed by atoms with E-state index in [1.807, 2.05) is 25.1 Å². The Morgan fingerprint density at radius 3 is 2.77 bits per heavy atom. The Bertz CT molecular complexity index is 1240. The molecular formula is C24H22N2O2S2. The summed E-state index contributed by atoms with van der Waals surface area (Å²) in [6.07, 6.45) is 5.15. The molecule has 0 aliphatic heterocycles. The Balaban J connectivity index is 1.58. The molecule has 6 heteroatoms. The number of benzene rings is 1. The first-order chi connectivity index (χ1) is 14.6. The molecule has 0 spiro atoms. The number of carbonyl (C=O) groups is 1. The van der Waals surface area contributed by atoms with Crippen LogP contribution >= 0.6 is 22.7 Å². The zero-order valence-corrected chi connectivity index (χ0v) is 18.4. The number of nitrogen functional groups attached to an aromatic ring is 1. The fourth-order valence-electron chi connectivity index (χ4n) is 4.20. The minimum Gasteiger partial charge on any atom is -0.422 e. The summed E-state index contributed by atoms with van der Waals surface area (Å²) in [5, 5.41) is 3.06. The van der Waals surface area contributed by atoms with Gasteiger partial charge in [0.2, 0.25) is 0 Å². The zero-order valence-electron chi connectivity index (χ0n) is 16.7. The second-order valence-corrected chi connectivity index (χ2v) is 9.74. The second-order valence-electron chi connectivity index (χ2n) is 7.71. The van der Waals surface area contributed by atoms with Crippen LogP contribution in [0.2, 0.25) is 0 Å². The van der Waals surface area contributed by atoms with Crippen molar-refractivity contribution in [3.63, 3.8) is 0 Å². The maximum atomic E-state index is 12.9. The number of anilines is 1. The van der Waals surface area contributed by atoms with Crippen LogP contribution in [0.25, 0.3) is 10.2 Å². The van der Waals surface area contributed by atoms with Crippen LogP contribution in [0.15, 0.2) is 41.8 Å². The first kappa shape index (κ1) is 19.3. The van der Waals surface area contributed by atoms with Crippen LogP contribution < -0.4 is 10.5 Å². The summed E-state index contributed by atoms with van der Waals surface area (Å²) in [5.41, 5.74) is 11.8. The number of ether oxygens (including phenoxy) is 1. The van der Waals surface area contributed by atoms with Crippen molar-refractivity contribution in [1.29, 1.82) is 0 Å². The Labute approximate surface area is 183 Å². The van der Waals surface area contributed by atoms with E-state index >= 15 is 0 Å². The third kappa shape index (κ3) is 3.50. The third-order valence-electron chi connectivity index (χ3n) is 5.59. The summed E-state index contributed by atoms with van der Waals surface area (Å²) >= 11 is 3.10. The molecule has 0 bridgehead atoms. The summed E-state index contributed by atoms with van der Waals surface area (Å²) < 4.78 is 5.62. The number of fused-ring (bicyclic) bond motifs is 3. The van der Waals surface area contributed by atoms with Gasteiger partial charge in [0.1, 0.15) is 15.5 Å². The number of aromatic nitrogens is 1. The number of esters is 1. The number of hydrogen-bond donors (Lipinski definition) is 1. The van der Waals surface area contributed by atoms with Gasteiger partial charge in [-0.2, -0.15) is 0 Å². The largest absolute Gasteiger partial charge is 0.422 e. The van der Waals surface area contributed by atoms with Gasteiger partial charge in [-0.15, -0.1) is 22.7 Å². The van der Waals surface area contributed by atoms with Crippen molar-refractivity contribution in [2.75, 3.05) is 5.73 Å². The molecule has 0 fully saturated rings. The van der Waals surface area contributed by atoms with Crippen LogP contribution in [0.3, 0.4) is 0 Å². The minimum atomic E-state index is -0.412. The van der Waals surface area contributed by atoms with E-state index in [9.17, 15) is 4.79 Å². The van der Waals surface area contributed by atoms with E-state index in [-0.39, 0.29) is 0 Å². The van der Waals surface area contributed by atoms with Crippen molar-refractivity contribution < 1.29 is 9.53 Å². The summed E-state index contributed by atoms with van der Waals surface area (Å²) in [6.45, 7) is 1.97. The normalized spacial score (nSPS) is 13.4. The third-order valence-corrected chi connectivity index (χ3v) is 7.54. The molecule has 1 aliphatic carbocycles. The van der Waals surface area contributed by atoms with Gasteiger partial charge in [-0.25, -0.2) is 9.78 Å². The highest BCUT2D eigenvalue weighted by Crippen LogP contribution is 2.40. The molecule has 152 valence electrons. The van der Waals surface area contributed by atoms with Crippen molar-refractivity contribution in [2.45, 2.75) is 39.0 Å². The van der Waals surface area contributed by atoms with Gasteiger partial charge in [0.05, 0.1) is 11.4 Å². The highest BCUT2D eigenvalue weighted by Gasteiger charge is 2.26. The van der Waals surface area contributed by atoms with Gasteiger partial charge < -0.3 is 10.5 Å². The summed E-state index contributed by atoms with van der Waals surface area (Å²) in [6, 6.07) is 11.7. The number of carbonyl (C=O) groups excluding carboxylic acids is 1. The minimum absolute atomic E-state index is 0.412. The topological polar surface area (TPSA) is 65.2 Å². The molecule has 0 atom stereocenters. The molecule has 3 heterocycles. The quantitative estimate of drug-likeness (QED) is 0.319. The van der Waals surface area contributed by atoms with Gasteiger partial charge >= 0.3 is 5.97 Å². The molecule has 0 amide bonds. The van der Waals surface area contributed by atoms with E-state index in [2.05, 4.69) is 17.5 Å². The molecule has 3 aromatic heterocycles. The molecule has 0 unspecified atom stereocenters. The zero-order chi connectivity index (χ0) is 20.7. The SMILES string of the molecule is Cc1cccc(OC(=O)c2sc3nc(Cc4cccs4)c4c(c3c2N)CCCC4)c1. The molecule has 0 radical (unpaired) electrons. The van der Waals surface area contributed by atoms with Crippen molar-refractivity contribution >= 4 is 44.5 Å². The van der Waals surface area contributed by atoms with Crippen molar-refractivity contribution in [3.8, 4) is 5.75 Å². The number of nitrogens with two attached hydrogens (primary N) is 1. The van der Waals surface area contributed by atoms with Crippen LogP contribution in [0, 0.1) is 6.92 Å². The monoisotopic (exact) mass is 434 g/mol. The molecule has 4 aromatic rings. The van der Waals surface area contributed by atoms with Gasteiger partial charge in [-0.3, -0.25) is 0 Å². The summed E-state index contributed by atoms with van der Waals surface area (Å²) in [4.78, 5) is 20.5. The average molecular weight is 435 g/mol. The van der Waals surface area contributed by atoms with Crippen molar-refractivity contribution in [1.82, 2.24) is 4.98 Å². The van der Waals surface area contributed by atoms with Gasteiger partial charge in [-0.1, -0.05) is 18.2 Å². The maximum Gasteiger partial charge on any atom is 0.355 e. The highest BCUT2D eigenvalue weighted by molar-refractivity contribution is 7.21. The van der Waals surface area contributed by atoms with Crippen LogP contribution in [-0.2, 0) is 19.3 Å². The second kappa shape index (κ2) is 7.85. The first-order valence-corrected chi connectivity index (χ1v) is 11.8. The molecule has 0 saturated carbocycles. The van der Waals surface area contributed by atoms with Gasteiger partial charge in [0, 0.05) is 16.7 Å². The van der Waals surface area contributed by atoms with Gasteiger partial charge in [0.25, 0.3) is 0 Å². The predicted octanol–water partition coefficient (Wildman–Crippen LogP) is 5.94. The number of rotatable bonds is 4. The smallest absolute Gasteiger partial charge is 0.355 e. The molecule has 0 saturated heterocycles. The summed E-state index contributed by atoms with van der Waals surface area (Å²) in [5.74, 6) is 0.121. The molecule has 4 nitrogen and oxygen atoms in total. The predicted molar refractivity (Wildman–Crippen MR) is 124 cm³/mol. The fourth-order valence-corrected chi connectivity index (χ4v) is 5.93. The first-order valence-electron chi connectivity index (χ1n) is 10.1. The lowest BCUT2D eigenvalue weighted by atomic mass is 9.88. The number of pyridine rings is 1. The number of aryl methyl sites for hydroxylation is 2. The standard InChI is InChI=1S/C24H22N2O2S2/c1-14-6-4-7-15(12-14)28-24(27)22-21(25)20-18-10-3-2-9-17(18)19(26-23(20)30-22)13-16-8-5-11-29-16/h4-8,11-12H,2-3,9-10,13,25H2,1H3. The maximum absolute atomic E-state index is 12.9. The van der Waals surface area contributed by atoms with Crippen LogP contribution in [0.5, 0.6) is 5.75 Å². The van der Waals surface area contributed by atoms with Crippen LogP contribution in [0.1, 0.15) is 49.8 Å². The molecule has 5 rings (SSSR count). The van der Waals surface area contributed by atoms with Crippen LogP contribution in [0.4, 0.5) is 5.69 Å². The van der Waals surface area contributed by atoms with Crippen LogP contribution in [-0.4, -0.2) is 11.0 Å². The molecular weight excluding hydrogens is 412 g/mol. The number of hydrogen-bond acceptors (Lipinski definition) is 6. The van der Waals surface area contributed by atoms with E-state index in [0.29, 0.717) is 16.3 Å². The van der Waals surface area contributed by atoms with E-state index in [1.165, 1.54) is 33.8 Å². The Morgan fingerprint density at radius 2 is 2.00 bits per heavy atom. The Hall–Kier alpha value is -2.70. The van der Waals surface area contributed by atoms with Crippen molar-refractivity contribution in [2.24, 2.45) is 0 Å². The van der Waals surface area contributed by atoms with E-state index in [1.54, 1.807) is 17.4 Å². The van der Waals surface area contributed by atoms with E-state index in [0.717, 1.165) is 47.2 Å². The lowest BCUT2D eigenvalue weighted by molar-refractivity contribution is 0.0741. The average Bonchev–Trinajstić information content (AvgIpc) is 3.36. The van der Waals surface area contributed by atoms with Gasteiger partial charge in [-0.05, 0) is 72.9 Å². The number of thiophene rings is 2. The number of nitrogens with zero attached hydrogens (tertiary/aromatic N) is 1. The fraction of sp³-hybridized carbons (Fsp3) is 0.250. The lowest BCUT2D eigenvalue weighted by Crippen LogP contribution is -2.11. The molecule has 2 N–H and O–H groups in total. The molecule has 1 aromatic carbocycles. The molecule has 30 heavy (non-hydrogen) atoms. The highest BCUT2D eigenvalue weighted by atomic mass is 32.1. The van der Waals surface area contributed by atoms with Crippen molar-refractivity contribution in [3.05, 3.63) is 73.9 Å². The van der Waals surface area contributed by atoms with Gasteiger partial charge in [0.15, 0.2) is 0 Å². The van der Waals surface area contributed by atoms with E-state index < -0.39 is 5.97 Å². The Morgan fingerprint density at radius 1 is 1.17 bits per heavy atom.